The average Bonchev–Trinajstić information content (AvgIpc) is 3.18. The molecule has 3 rings (SSSR count). The molecule has 2 amide bonds. The fourth-order valence-electron chi connectivity index (χ4n) is 3.22. The molecular weight excluding hydrogens is 474 g/mol. The number of hydrogen-bond acceptors (Lipinski definition) is 9. The second-order valence-electron chi connectivity index (χ2n) is 7.36. The zero-order chi connectivity index (χ0) is 24.2. The topological polar surface area (TPSA) is 156 Å². The molecule has 1 saturated heterocycles. The molecule has 0 radical (unpaired) electrons. The zero-order valence-corrected chi connectivity index (χ0v) is 19.6. The lowest BCUT2D eigenvalue weighted by molar-refractivity contribution is -0.385. The number of anilines is 1. The van der Waals surface area contributed by atoms with Gasteiger partial charge in [0.1, 0.15) is 5.76 Å². The summed E-state index contributed by atoms with van der Waals surface area (Å²) in [6.45, 7) is 3.81. The maximum atomic E-state index is 13.0. The fourth-order valence-corrected chi connectivity index (χ4v) is 5.61. The van der Waals surface area contributed by atoms with Crippen molar-refractivity contribution in [2.75, 3.05) is 43.0 Å². The highest BCUT2D eigenvalue weighted by atomic mass is 32.2. The summed E-state index contributed by atoms with van der Waals surface area (Å²) in [5, 5.41) is 17.3. The lowest BCUT2D eigenvalue weighted by Crippen LogP contribution is -2.51. The summed E-state index contributed by atoms with van der Waals surface area (Å²) in [5.74, 6) is 0.480. The van der Waals surface area contributed by atoms with E-state index < -0.39 is 14.9 Å². The number of non-ortho nitro benzene ring substituents is 1. The average molecular weight is 498 g/mol. The molecule has 33 heavy (non-hydrogen) atoms. The Morgan fingerprint density at radius 3 is 2.48 bits per heavy atom. The number of nitro benzene ring substituents is 1. The third-order valence-corrected chi connectivity index (χ3v) is 7.90. The maximum Gasteiger partial charge on any atom is 0.270 e. The quantitative estimate of drug-likeness (QED) is 0.421. The van der Waals surface area contributed by atoms with Gasteiger partial charge in [-0.2, -0.15) is 4.31 Å². The molecule has 1 N–H and O–H groups in total. The summed E-state index contributed by atoms with van der Waals surface area (Å²) in [4.78, 5) is 36.2. The number of carbonyl (C=O) groups is 2. The number of piperazine rings is 1. The second kappa shape index (κ2) is 10.3. The number of aryl methyl sites for hydroxylation is 2. The molecule has 0 atom stereocenters. The Morgan fingerprint density at radius 2 is 1.88 bits per heavy atom. The van der Waals surface area contributed by atoms with Gasteiger partial charge in [-0.05, 0) is 19.4 Å². The summed E-state index contributed by atoms with van der Waals surface area (Å²) in [5.41, 5.74) is 0.113. The van der Waals surface area contributed by atoms with E-state index in [1.807, 2.05) is 0 Å². The van der Waals surface area contributed by atoms with E-state index in [4.69, 9.17) is 4.52 Å². The number of nitro groups is 1. The van der Waals surface area contributed by atoms with E-state index in [0.29, 0.717) is 17.1 Å². The van der Waals surface area contributed by atoms with Crippen LogP contribution in [0.25, 0.3) is 0 Å². The van der Waals surface area contributed by atoms with Crippen molar-refractivity contribution in [1.82, 2.24) is 14.4 Å². The van der Waals surface area contributed by atoms with E-state index in [-0.39, 0.29) is 60.1 Å². The Morgan fingerprint density at radius 1 is 1.18 bits per heavy atom. The zero-order valence-electron chi connectivity index (χ0n) is 18.0. The van der Waals surface area contributed by atoms with E-state index in [1.54, 1.807) is 19.9 Å². The number of nitrogens with zero attached hydrogens (tertiary/aromatic N) is 4. The van der Waals surface area contributed by atoms with Gasteiger partial charge in [-0.25, -0.2) is 8.42 Å². The number of benzene rings is 1. The number of hydrogen-bond donors (Lipinski definition) is 1. The second-order valence-corrected chi connectivity index (χ2v) is 10.2. The monoisotopic (exact) mass is 497 g/mol. The van der Waals surface area contributed by atoms with Crippen LogP contribution >= 0.6 is 11.8 Å². The molecule has 1 aromatic heterocycles. The van der Waals surface area contributed by atoms with Crippen LogP contribution in [0.4, 0.5) is 11.5 Å². The van der Waals surface area contributed by atoms with Gasteiger partial charge in [0.15, 0.2) is 5.82 Å². The predicted octanol–water partition coefficient (Wildman–Crippen LogP) is 1.40. The Balaban J connectivity index is 1.50. The van der Waals surface area contributed by atoms with Crippen LogP contribution in [0.1, 0.15) is 11.3 Å². The molecule has 12 nitrogen and oxygen atoms in total. The van der Waals surface area contributed by atoms with Crippen LogP contribution in [0.3, 0.4) is 0 Å². The molecule has 2 aromatic rings. The molecule has 178 valence electrons. The highest BCUT2D eigenvalue weighted by molar-refractivity contribution is 8.00. The van der Waals surface area contributed by atoms with Gasteiger partial charge in [-0.3, -0.25) is 19.7 Å². The number of rotatable bonds is 8. The third-order valence-electron chi connectivity index (χ3n) is 4.95. The lowest BCUT2D eigenvalue weighted by atomic mass is 10.2. The minimum Gasteiger partial charge on any atom is -0.360 e. The molecule has 1 fully saturated rings. The summed E-state index contributed by atoms with van der Waals surface area (Å²) >= 11 is 1.14. The number of aromatic nitrogens is 1. The standard InChI is InChI=1S/C19H23N5O7S2/c1-13-3-4-15(24(27)28)10-16(13)33(29,30)23-7-5-22(6-8-23)19(26)12-32-11-18(25)20-17-9-14(2)31-21-17/h3-4,9-10H,5-8,11-12H2,1-2H3,(H,20,21,25). The number of nitrogens with one attached hydrogen (secondary N) is 1. The smallest absolute Gasteiger partial charge is 0.270 e. The van der Waals surface area contributed by atoms with E-state index in [2.05, 4.69) is 10.5 Å². The minimum atomic E-state index is -3.93. The van der Waals surface area contributed by atoms with Crippen LogP contribution in [-0.2, 0) is 19.6 Å². The van der Waals surface area contributed by atoms with Gasteiger partial charge < -0.3 is 14.7 Å². The van der Waals surface area contributed by atoms with Crippen LogP contribution in [0.15, 0.2) is 33.7 Å². The summed E-state index contributed by atoms with van der Waals surface area (Å²) in [7, 11) is -3.93. The number of sulfonamides is 1. The van der Waals surface area contributed by atoms with E-state index >= 15 is 0 Å². The molecule has 0 saturated carbocycles. The first-order valence-electron chi connectivity index (χ1n) is 9.92. The van der Waals surface area contributed by atoms with Crippen LogP contribution in [-0.4, -0.2) is 77.2 Å². The predicted molar refractivity (Wildman–Crippen MR) is 120 cm³/mol. The highest BCUT2D eigenvalue weighted by Crippen LogP contribution is 2.25. The Kier molecular flexibility index (Phi) is 7.71. The number of carbonyl (C=O) groups excluding carboxylic acids is 2. The molecule has 2 heterocycles. The molecule has 0 bridgehead atoms. The normalized spacial score (nSPS) is 14.8. The van der Waals surface area contributed by atoms with Crippen molar-refractivity contribution >= 4 is 45.1 Å². The molecule has 0 unspecified atom stereocenters. The van der Waals surface area contributed by atoms with Crippen LogP contribution in [0.2, 0.25) is 0 Å². The van der Waals surface area contributed by atoms with Gasteiger partial charge in [0.2, 0.25) is 21.8 Å². The molecule has 0 spiro atoms. The Hall–Kier alpha value is -2.97. The summed E-state index contributed by atoms with van der Waals surface area (Å²) in [6, 6.07) is 5.30. The first-order valence-corrected chi connectivity index (χ1v) is 12.5. The van der Waals surface area contributed by atoms with E-state index in [1.165, 1.54) is 21.3 Å². The minimum absolute atomic E-state index is 0.0536. The van der Waals surface area contributed by atoms with Crippen LogP contribution < -0.4 is 5.32 Å². The fraction of sp³-hybridized carbons (Fsp3) is 0.421. The van der Waals surface area contributed by atoms with E-state index in [9.17, 15) is 28.1 Å². The third kappa shape index (κ3) is 6.09. The van der Waals surface area contributed by atoms with Crippen molar-refractivity contribution in [3.63, 3.8) is 0 Å². The highest BCUT2D eigenvalue weighted by Gasteiger charge is 2.32. The van der Waals surface area contributed by atoms with Gasteiger partial charge in [0.05, 0.1) is 21.3 Å². The Labute approximate surface area is 194 Å². The lowest BCUT2D eigenvalue weighted by Gasteiger charge is -2.34. The number of thioether (sulfide) groups is 1. The molecular formula is C19H23N5O7S2. The van der Waals surface area contributed by atoms with Gasteiger partial charge >= 0.3 is 0 Å². The van der Waals surface area contributed by atoms with Crippen molar-refractivity contribution in [2.24, 2.45) is 0 Å². The summed E-state index contributed by atoms with van der Waals surface area (Å²) < 4.78 is 32.1. The first-order chi connectivity index (χ1) is 15.6. The van der Waals surface area contributed by atoms with Gasteiger partial charge in [-0.15, -0.1) is 11.8 Å². The van der Waals surface area contributed by atoms with Crippen molar-refractivity contribution in [1.29, 1.82) is 0 Å². The Bertz CT molecular complexity index is 1160. The van der Waals surface area contributed by atoms with E-state index in [0.717, 1.165) is 17.8 Å². The maximum absolute atomic E-state index is 13.0. The molecule has 1 aliphatic rings. The molecule has 1 aromatic carbocycles. The van der Waals surface area contributed by atoms with Gasteiger partial charge in [-0.1, -0.05) is 11.2 Å². The van der Waals surface area contributed by atoms with Crippen molar-refractivity contribution < 1.29 is 27.5 Å². The van der Waals surface area contributed by atoms with Crippen LogP contribution in [0, 0.1) is 24.0 Å². The largest absolute Gasteiger partial charge is 0.360 e. The van der Waals surface area contributed by atoms with Gasteiger partial charge in [0, 0.05) is 44.4 Å². The summed E-state index contributed by atoms with van der Waals surface area (Å²) in [6.07, 6.45) is 0. The van der Waals surface area contributed by atoms with Crippen molar-refractivity contribution in [2.45, 2.75) is 18.7 Å². The SMILES string of the molecule is Cc1cc(NC(=O)CSCC(=O)N2CCN(S(=O)(=O)c3cc([N+](=O)[O-])ccc3C)CC2)no1. The molecule has 0 aliphatic carbocycles. The van der Waals surface area contributed by atoms with Gasteiger partial charge in [0.25, 0.3) is 5.69 Å². The van der Waals surface area contributed by atoms with Crippen molar-refractivity contribution in [3.8, 4) is 0 Å². The molecule has 1 aliphatic heterocycles. The molecule has 14 heteroatoms. The first kappa shape index (κ1) is 24.7. The number of amides is 2. The van der Waals surface area contributed by atoms with Crippen molar-refractivity contribution in [3.05, 3.63) is 45.7 Å². The van der Waals surface area contributed by atoms with Crippen LogP contribution in [0.5, 0.6) is 0 Å².